The molecule has 6 nitrogen and oxygen atoms in total. The van der Waals surface area contributed by atoms with Gasteiger partial charge in [0.2, 0.25) is 0 Å². The van der Waals surface area contributed by atoms with Crippen LogP contribution in [-0.2, 0) is 22.6 Å². The topological polar surface area (TPSA) is 68.6 Å². The number of aryl methyl sites for hydroxylation is 1. The Labute approximate surface area is 133 Å². The third kappa shape index (κ3) is 2.52. The highest BCUT2D eigenvalue weighted by molar-refractivity contribution is 6.21. The number of hydrogen-bond donors (Lipinski definition) is 0. The van der Waals surface area contributed by atoms with Gasteiger partial charge >= 0.3 is 5.97 Å². The molecular formula is C17H16N2O4. The van der Waals surface area contributed by atoms with E-state index in [2.05, 4.69) is 4.74 Å². The summed E-state index contributed by atoms with van der Waals surface area (Å²) in [5, 5.41) is 0. The van der Waals surface area contributed by atoms with E-state index < -0.39 is 0 Å². The van der Waals surface area contributed by atoms with Gasteiger partial charge in [-0.15, -0.1) is 0 Å². The average Bonchev–Trinajstić information content (AvgIpc) is 3.02. The summed E-state index contributed by atoms with van der Waals surface area (Å²) in [5.41, 5.74) is 2.41. The van der Waals surface area contributed by atoms with Gasteiger partial charge in [0.1, 0.15) is 6.54 Å². The number of carbonyl (C=O) groups is 3. The predicted molar refractivity (Wildman–Crippen MR) is 81.8 cm³/mol. The van der Waals surface area contributed by atoms with Crippen LogP contribution in [0.2, 0.25) is 0 Å². The minimum absolute atomic E-state index is 0.0494. The first-order valence-electron chi connectivity index (χ1n) is 7.20. The van der Waals surface area contributed by atoms with Gasteiger partial charge in [-0.2, -0.15) is 0 Å². The lowest BCUT2D eigenvalue weighted by Gasteiger charge is -2.16. The van der Waals surface area contributed by atoms with E-state index in [4.69, 9.17) is 0 Å². The Morgan fingerprint density at radius 3 is 2.22 bits per heavy atom. The van der Waals surface area contributed by atoms with E-state index in [0.29, 0.717) is 16.8 Å². The van der Waals surface area contributed by atoms with Crippen molar-refractivity contribution in [3.63, 3.8) is 0 Å². The van der Waals surface area contributed by atoms with Crippen LogP contribution in [0, 0.1) is 6.92 Å². The molecule has 0 fully saturated rings. The van der Waals surface area contributed by atoms with Gasteiger partial charge in [-0.3, -0.25) is 19.3 Å². The highest BCUT2D eigenvalue weighted by Crippen LogP contribution is 2.24. The summed E-state index contributed by atoms with van der Waals surface area (Å²) >= 11 is 0. The van der Waals surface area contributed by atoms with Gasteiger partial charge < -0.3 is 9.30 Å². The van der Waals surface area contributed by atoms with Crippen molar-refractivity contribution in [3.8, 4) is 0 Å². The SMILES string of the molecule is COC(=O)Cn1c(C)ccc1CN1C(=O)c2ccccc2C1=O. The fourth-order valence-corrected chi connectivity index (χ4v) is 2.73. The number of fused-ring (bicyclic) bond motifs is 1. The largest absolute Gasteiger partial charge is 0.468 e. The molecule has 0 N–H and O–H groups in total. The molecular weight excluding hydrogens is 296 g/mol. The van der Waals surface area contributed by atoms with E-state index in [-0.39, 0.29) is 30.9 Å². The molecule has 1 aliphatic rings. The summed E-state index contributed by atoms with van der Waals surface area (Å²) in [4.78, 5) is 37.6. The molecule has 1 aliphatic heterocycles. The molecule has 1 aromatic heterocycles. The van der Waals surface area contributed by atoms with Crippen LogP contribution in [0.15, 0.2) is 36.4 Å². The Morgan fingerprint density at radius 1 is 1.04 bits per heavy atom. The van der Waals surface area contributed by atoms with Gasteiger partial charge in [0.05, 0.1) is 24.8 Å². The standard InChI is InChI=1S/C17H16N2O4/c1-11-7-8-12(18(11)10-15(20)23-2)9-19-16(21)13-5-3-4-6-14(13)17(19)22/h3-8H,9-10H2,1-2H3. The number of ether oxygens (including phenoxy) is 1. The lowest BCUT2D eigenvalue weighted by Crippen LogP contribution is -2.30. The van der Waals surface area contributed by atoms with E-state index >= 15 is 0 Å². The minimum Gasteiger partial charge on any atom is -0.468 e. The maximum atomic E-state index is 12.4. The van der Waals surface area contributed by atoms with Gasteiger partial charge in [-0.25, -0.2) is 0 Å². The van der Waals surface area contributed by atoms with Crippen LogP contribution in [0.4, 0.5) is 0 Å². The smallest absolute Gasteiger partial charge is 0.325 e. The van der Waals surface area contributed by atoms with Crippen LogP contribution in [0.3, 0.4) is 0 Å². The summed E-state index contributed by atoms with van der Waals surface area (Å²) < 4.78 is 6.43. The molecule has 0 aliphatic carbocycles. The molecule has 0 unspecified atom stereocenters. The van der Waals surface area contributed by atoms with E-state index in [1.807, 2.05) is 19.1 Å². The molecule has 2 heterocycles. The number of aromatic nitrogens is 1. The second-order valence-corrected chi connectivity index (χ2v) is 5.37. The fraction of sp³-hybridized carbons (Fsp3) is 0.235. The van der Waals surface area contributed by atoms with E-state index in [1.54, 1.807) is 28.8 Å². The Balaban J connectivity index is 1.88. The van der Waals surface area contributed by atoms with Crippen molar-refractivity contribution < 1.29 is 19.1 Å². The molecule has 0 spiro atoms. The molecule has 0 saturated carbocycles. The average molecular weight is 312 g/mol. The molecule has 0 atom stereocenters. The van der Waals surface area contributed by atoms with Gasteiger partial charge in [0.15, 0.2) is 0 Å². The quantitative estimate of drug-likeness (QED) is 0.637. The third-order valence-corrected chi connectivity index (χ3v) is 4.00. The molecule has 0 bridgehead atoms. The van der Waals surface area contributed by atoms with Crippen LogP contribution in [0.1, 0.15) is 32.1 Å². The summed E-state index contributed by atoms with van der Waals surface area (Å²) in [6.45, 7) is 2.03. The molecule has 3 rings (SSSR count). The molecule has 23 heavy (non-hydrogen) atoms. The second-order valence-electron chi connectivity index (χ2n) is 5.37. The molecule has 0 radical (unpaired) electrons. The van der Waals surface area contributed by atoms with Gasteiger partial charge in [-0.1, -0.05) is 12.1 Å². The van der Waals surface area contributed by atoms with E-state index in [9.17, 15) is 14.4 Å². The number of nitrogens with zero attached hydrogens (tertiary/aromatic N) is 2. The maximum absolute atomic E-state index is 12.4. The van der Waals surface area contributed by atoms with Crippen molar-refractivity contribution >= 4 is 17.8 Å². The number of amides is 2. The van der Waals surface area contributed by atoms with E-state index in [0.717, 1.165) is 5.69 Å². The van der Waals surface area contributed by atoms with Crippen molar-refractivity contribution in [1.29, 1.82) is 0 Å². The van der Waals surface area contributed by atoms with Crippen molar-refractivity contribution in [3.05, 3.63) is 58.9 Å². The summed E-state index contributed by atoms with van der Waals surface area (Å²) in [5.74, 6) is -1.00. The van der Waals surface area contributed by atoms with Crippen molar-refractivity contribution in [1.82, 2.24) is 9.47 Å². The van der Waals surface area contributed by atoms with Crippen LogP contribution < -0.4 is 0 Å². The number of carbonyl (C=O) groups excluding carboxylic acids is 3. The zero-order valence-corrected chi connectivity index (χ0v) is 12.9. The Hall–Kier alpha value is -2.89. The van der Waals surface area contributed by atoms with Crippen molar-refractivity contribution in [2.24, 2.45) is 0 Å². The third-order valence-electron chi connectivity index (χ3n) is 4.00. The van der Waals surface area contributed by atoms with Crippen molar-refractivity contribution in [2.75, 3.05) is 7.11 Å². The zero-order valence-electron chi connectivity index (χ0n) is 12.9. The lowest BCUT2D eigenvalue weighted by molar-refractivity contribution is -0.141. The van der Waals surface area contributed by atoms with E-state index in [1.165, 1.54) is 12.0 Å². The Bertz CT molecular complexity index is 772. The monoisotopic (exact) mass is 312 g/mol. The molecule has 6 heteroatoms. The molecule has 2 amide bonds. The fourth-order valence-electron chi connectivity index (χ4n) is 2.73. The summed E-state index contributed by atoms with van der Waals surface area (Å²) in [6, 6.07) is 10.4. The lowest BCUT2D eigenvalue weighted by atomic mass is 10.1. The summed E-state index contributed by atoms with van der Waals surface area (Å²) in [7, 11) is 1.32. The first-order valence-corrected chi connectivity index (χ1v) is 7.20. The highest BCUT2D eigenvalue weighted by atomic mass is 16.5. The zero-order chi connectivity index (χ0) is 16.6. The highest BCUT2D eigenvalue weighted by Gasteiger charge is 2.35. The molecule has 1 aromatic carbocycles. The normalized spacial score (nSPS) is 13.4. The van der Waals surface area contributed by atoms with Gasteiger partial charge in [-0.05, 0) is 31.2 Å². The first kappa shape index (κ1) is 15.0. The summed E-state index contributed by atoms with van der Waals surface area (Å²) in [6.07, 6.45) is 0. The number of esters is 1. The Morgan fingerprint density at radius 2 is 1.65 bits per heavy atom. The molecule has 2 aromatic rings. The Kier molecular flexibility index (Phi) is 3.73. The van der Waals surface area contributed by atoms with Crippen LogP contribution >= 0.6 is 0 Å². The van der Waals surface area contributed by atoms with Crippen LogP contribution in [0.5, 0.6) is 0 Å². The first-order chi connectivity index (χ1) is 11.0. The minimum atomic E-state index is -0.382. The van der Waals surface area contributed by atoms with Gasteiger partial charge in [0.25, 0.3) is 11.8 Å². The number of rotatable bonds is 4. The molecule has 0 saturated heterocycles. The van der Waals surface area contributed by atoms with Gasteiger partial charge in [0, 0.05) is 11.4 Å². The second kappa shape index (κ2) is 5.72. The van der Waals surface area contributed by atoms with Crippen LogP contribution in [0.25, 0.3) is 0 Å². The van der Waals surface area contributed by atoms with Crippen molar-refractivity contribution in [2.45, 2.75) is 20.0 Å². The molecule has 118 valence electrons. The maximum Gasteiger partial charge on any atom is 0.325 e. The van der Waals surface area contributed by atoms with Crippen LogP contribution in [-0.4, -0.2) is 34.4 Å². The number of hydrogen-bond acceptors (Lipinski definition) is 4. The number of benzene rings is 1. The predicted octanol–water partition coefficient (Wildman–Crippen LogP) is 1.77. The number of methoxy groups -OCH3 is 1. The number of imide groups is 1.